The standard InChI is InChI=1S/C16H23N3/c1-12-4-5-15(10-13(12)2)19(3)14-6-8-16(18,11-17)9-7-14/h4-5,10,14H,6-9,18H2,1-3H3. The minimum atomic E-state index is -0.597. The highest BCUT2D eigenvalue weighted by molar-refractivity contribution is 5.51. The molecule has 102 valence electrons. The number of nitrogens with two attached hydrogens (primary N) is 1. The van der Waals surface area contributed by atoms with E-state index in [1.165, 1.54) is 16.8 Å². The van der Waals surface area contributed by atoms with E-state index in [0.29, 0.717) is 6.04 Å². The molecule has 19 heavy (non-hydrogen) atoms. The lowest BCUT2D eigenvalue weighted by Crippen LogP contribution is -2.46. The van der Waals surface area contributed by atoms with Crippen LogP contribution in [0.5, 0.6) is 0 Å². The first-order valence-corrected chi connectivity index (χ1v) is 6.95. The summed E-state index contributed by atoms with van der Waals surface area (Å²) in [4.78, 5) is 2.34. The van der Waals surface area contributed by atoms with Crippen LogP contribution in [-0.4, -0.2) is 18.6 Å². The zero-order valence-electron chi connectivity index (χ0n) is 12.1. The molecular weight excluding hydrogens is 234 g/mol. The first-order valence-electron chi connectivity index (χ1n) is 6.95. The lowest BCUT2D eigenvalue weighted by atomic mass is 9.80. The van der Waals surface area contributed by atoms with Gasteiger partial charge in [-0.3, -0.25) is 0 Å². The van der Waals surface area contributed by atoms with Crippen molar-refractivity contribution in [1.82, 2.24) is 0 Å². The van der Waals surface area contributed by atoms with E-state index in [9.17, 15) is 0 Å². The highest BCUT2D eigenvalue weighted by Crippen LogP contribution is 2.31. The highest BCUT2D eigenvalue weighted by atomic mass is 15.1. The molecule has 0 unspecified atom stereocenters. The Balaban J connectivity index is 2.07. The molecule has 2 rings (SSSR count). The molecule has 1 aliphatic carbocycles. The Morgan fingerprint density at radius 1 is 1.26 bits per heavy atom. The molecule has 0 heterocycles. The van der Waals surface area contributed by atoms with Gasteiger partial charge in [-0.25, -0.2) is 0 Å². The maximum Gasteiger partial charge on any atom is 0.104 e. The second-order valence-electron chi connectivity index (χ2n) is 5.88. The number of anilines is 1. The summed E-state index contributed by atoms with van der Waals surface area (Å²) < 4.78 is 0. The SMILES string of the molecule is Cc1ccc(N(C)C2CCC(N)(C#N)CC2)cc1C. The number of nitriles is 1. The van der Waals surface area contributed by atoms with Gasteiger partial charge in [0.15, 0.2) is 0 Å². The molecule has 0 aliphatic heterocycles. The summed E-state index contributed by atoms with van der Waals surface area (Å²) in [7, 11) is 2.14. The Morgan fingerprint density at radius 2 is 1.89 bits per heavy atom. The number of hydrogen-bond donors (Lipinski definition) is 1. The van der Waals surface area contributed by atoms with Crippen LogP contribution in [0.25, 0.3) is 0 Å². The minimum Gasteiger partial charge on any atom is -0.372 e. The van der Waals surface area contributed by atoms with Crippen LogP contribution in [0.1, 0.15) is 36.8 Å². The summed E-state index contributed by atoms with van der Waals surface area (Å²) in [6, 6.07) is 9.34. The average Bonchev–Trinajstić information content (AvgIpc) is 2.42. The van der Waals surface area contributed by atoms with Gasteiger partial charge >= 0.3 is 0 Å². The Bertz CT molecular complexity index is 493. The topological polar surface area (TPSA) is 53.0 Å². The maximum atomic E-state index is 9.07. The fourth-order valence-electron chi connectivity index (χ4n) is 2.77. The van der Waals surface area contributed by atoms with E-state index >= 15 is 0 Å². The molecule has 1 saturated carbocycles. The molecule has 2 N–H and O–H groups in total. The van der Waals surface area contributed by atoms with Gasteiger partial charge < -0.3 is 10.6 Å². The lowest BCUT2D eigenvalue weighted by Gasteiger charge is -2.38. The normalized spacial score (nSPS) is 26.8. The molecule has 1 aromatic carbocycles. The third kappa shape index (κ3) is 2.90. The van der Waals surface area contributed by atoms with E-state index in [-0.39, 0.29) is 0 Å². The van der Waals surface area contributed by atoms with Crippen molar-refractivity contribution >= 4 is 5.69 Å². The molecule has 1 fully saturated rings. The first-order chi connectivity index (χ1) is 8.95. The van der Waals surface area contributed by atoms with Crippen molar-refractivity contribution in [1.29, 1.82) is 5.26 Å². The van der Waals surface area contributed by atoms with Gasteiger partial charge in [-0.1, -0.05) is 6.07 Å². The summed E-state index contributed by atoms with van der Waals surface area (Å²) in [5.41, 5.74) is 9.34. The maximum absolute atomic E-state index is 9.07. The largest absolute Gasteiger partial charge is 0.372 e. The molecule has 0 aromatic heterocycles. The minimum absolute atomic E-state index is 0.493. The van der Waals surface area contributed by atoms with Gasteiger partial charge in [-0.15, -0.1) is 0 Å². The number of benzene rings is 1. The smallest absolute Gasteiger partial charge is 0.104 e. The quantitative estimate of drug-likeness (QED) is 0.886. The fourth-order valence-corrected chi connectivity index (χ4v) is 2.77. The lowest BCUT2D eigenvalue weighted by molar-refractivity contribution is 0.327. The Labute approximate surface area is 116 Å². The molecule has 0 atom stereocenters. The molecule has 3 nitrogen and oxygen atoms in total. The van der Waals surface area contributed by atoms with Crippen LogP contribution in [0.4, 0.5) is 5.69 Å². The van der Waals surface area contributed by atoms with E-state index in [1.807, 2.05) is 0 Å². The Hall–Kier alpha value is -1.53. The Morgan fingerprint density at radius 3 is 2.42 bits per heavy atom. The molecule has 1 aliphatic rings. The van der Waals surface area contributed by atoms with Gasteiger partial charge in [-0.2, -0.15) is 5.26 Å². The van der Waals surface area contributed by atoms with Crippen LogP contribution in [0.3, 0.4) is 0 Å². The van der Waals surface area contributed by atoms with Gasteiger partial charge in [0.05, 0.1) is 6.07 Å². The van der Waals surface area contributed by atoms with E-state index < -0.39 is 5.54 Å². The summed E-state index contributed by atoms with van der Waals surface area (Å²) >= 11 is 0. The van der Waals surface area contributed by atoms with Crippen molar-refractivity contribution in [3.63, 3.8) is 0 Å². The van der Waals surface area contributed by atoms with E-state index in [4.69, 9.17) is 11.0 Å². The van der Waals surface area contributed by atoms with Crippen molar-refractivity contribution in [3.8, 4) is 6.07 Å². The second-order valence-corrected chi connectivity index (χ2v) is 5.88. The monoisotopic (exact) mass is 257 g/mol. The molecule has 3 heteroatoms. The molecule has 0 saturated heterocycles. The van der Waals surface area contributed by atoms with Crippen LogP contribution < -0.4 is 10.6 Å². The number of hydrogen-bond acceptors (Lipinski definition) is 3. The summed E-state index contributed by atoms with van der Waals surface area (Å²) in [6.07, 6.45) is 3.58. The van der Waals surface area contributed by atoms with Gasteiger partial charge in [0.25, 0.3) is 0 Å². The van der Waals surface area contributed by atoms with Crippen LogP contribution in [0.15, 0.2) is 18.2 Å². The highest BCUT2D eigenvalue weighted by Gasteiger charge is 2.33. The zero-order valence-corrected chi connectivity index (χ0v) is 12.1. The predicted octanol–water partition coefficient (Wildman–Crippen LogP) is 2.90. The van der Waals surface area contributed by atoms with Gasteiger partial charge in [0.1, 0.15) is 5.54 Å². The first kappa shape index (κ1) is 13.9. The van der Waals surface area contributed by atoms with Gasteiger partial charge in [0, 0.05) is 18.8 Å². The van der Waals surface area contributed by atoms with Crippen molar-refractivity contribution in [3.05, 3.63) is 29.3 Å². The number of nitrogens with zero attached hydrogens (tertiary/aromatic N) is 2. The van der Waals surface area contributed by atoms with Crippen LogP contribution in [-0.2, 0) is 0 Å². The zero-order chi connectivity index (χ0) is 14.0. The number of aryl methyl sites for hydroxylation is 2. The molecule has 0 spiro atoms. The summed E-state index contributed by atoms with van der Waals surface area (Å²) in [5, 5.41) is 9.07. The molecule has 0 amide bonds. The number of rotatable bonds is 2. The van der Waals surface area contributed by atoms with Gasteiger partial charge in [-0.05, 0) is 62.8 Å². The van der Waals surface area contributed by atoms with E-state index in [1.54, 1.807) is 0 Å². The molecule has 1 aromatic rings. The average molecular weight is 257 g/mol. The molecular formula is C16H23N3. The van der Waals surface area contributed by atoms with Crippen LogP contribution in [0, 0.1) is 25.2 Å². The third-order valence-corrected chi connectivity index (χ3v) is 4.52. The van der Waals surface area contributed by atoms with Crippen molar-refractivity contribution in [2.24, 2.45) is 5.73 Å². The second kappa shape index (κ2) is 5.22. The van der Waals surface area contributed by atoms with Crippen LogP contribution in [0.2, 0.25) is 0 Å². The summed E-state index contributed by atoms with van der Waals surface area (Å²) in [5.74, 6) is 0. The molecule has 0 radical (unpaired) electrons. The van der Waals surface area contributed by atoms with E-state index in [0.717, 1.165) is 25.7 Å². The Kier molecular flexibility index (Phi) is 3.82. The predicted molar refractivity (Wildman–Crippen MR) is 79.1 cm³/mol. The molecule has 0 bridgehead atoms. The van der Waals surface area contributed by atoms with E-state index in [2.05, 4.69) is 50.1 Å². The van der Waals surface area contributed by atoms with Crippen molar-refractivity contribution < 1.29 is 0 Å². The van der Waals surface area contributed by atoms with Crippen LogP contribution >= 0.6 is 0 Å². The fraction of sp³-hybridized carbons (Fsp3) is 0.562. The van der Waals surface area contributed by atoms with Crippen molar-refractivity contribution in [2.45, 2.75) is 51.1 Å². The summed E-state index contributed by atoms with van der Waals surface area (Å²) in [6.45, 7) is 4.28. The van der Waals surface area contributed by atoms with Crippen molar-refractivity contribution in [2.75, 3.05) is 11.9 Å². The van der Waals surface area contributed by atoms with Gasteiger partial charge in [0.2, 0.25) is 0 Å². The third-order valence-electron chi connectivity index (χ3n) is 4.52.